The third-order valence-electron chi connectivity index (χ3n) is 2.29. The average Bonchev–Trinajstić information content (AvgIpc) is 2.19. The van der Waals surface area contributed by atoms with Crippen LogP contribution in [0.4, 0.5) is 17.6 Å². The Balaban J connectivity index is 0.00000289. The molecule has 0 bridgehead atoms. The van der Waals surface area contributed by atoms with Gasteiger partial charge >= 0.3 is 6.18 Å². The Kier molecular flexibility index (Phi) is 5.87. The molecular weight excluding hydrogens is 297 g/mol. The van der Waals surface area contributed by atoms with Gasteiger partial charge in [0, 0.05) is 5.56 Å². The number of aliphatic hydroxyl groups is 1. The predicted octanol–water partition coefficient (Wildman–Crippen LogP) is 3.30. The highest BCUT2D eigenvalue weighted by Crippen LogP contribution is 2.38. The fourth-order valence-corrected chi connectivity index (χ4v) is 1.55. The molecule has 8 heteroatoms. The van der Waals surface area contributed by atoms with Gasteiger partial charge in [0.25, 0.3) is 0 Å². The first-order valence-corrected chi connectivity index (χ1v) is 5.02. The molecular formula is C10H11Cl2F4NO. The van der Waals surface area contributed by atoms with Crippen molar-refractivity contribution in [1.29, 1.82) is 0 Å². The first kappa shape index (κ1) is 17.4. The number of alkyl halides is 3. The molecule has 3 N–H and O–H groups in total. The molecule has 0 saturated carbocycles. The van der Waals surface area contributed by atoms with Gasteiger partial charge in [-0.2, -0.15) is 13.2 Å². The average molecular weight is 308 g/mol. The summed E-state index contributed by atoms with van der Waals surface area (Å²) >= 11 is 5.41. The summed E-state index contributed by atoms with van der Waals surface area (Å²) in [7, 11) is 0. The van der Waals surface area contributed by atoms with Crippen LogP contribution in [0, 0.1) is 5.82 Å². The molecule has 0 fully saturated rings. The molecule has 0 unspecified atom stereocenters. The van der Waals surface area contributed by atoms with Crippen molar-refractivity contribution in [3.63, 3.8) is 0 Å². The summed E-state index contributed by atoms with van der Waals surface area (Å²) < 4.78 is 51.5. The van der Waals surface area contributed by atoms with E-state index in [1.54, 1.807) is 0 Å². The predicted molar refractivity (Wildman–Crippen MR) is 62.3 cm³/mol. The van der Waals surface area contributed by atoms with Crippen molar-refractivity contribution in [2.75, 3.05) is 0 Å². The molecule has 0 aliphatic heterocycles. The molecule has 2 nitrogen and oxygen atoms in total. The van der Waals surface area contributed by atoms with Gasteiger partial charge in [-0.05, 0) is 19.1 Å². The zero-order valence-electron chi connectivity index (χ0n) is 9.13. The van der Waals surface area contributed by atoms with Crippen molar-refractivity contribution >= 4 is 24.0 Å². The van der Waals surface area contributed by atoms with Crippen LogP contribution in [0.3, 0.4) is 0 Å². The van der Waals surface area contributed by atoms with Crippen molar-refractivity contribution in [3.05, 3.63) is 34.1 Å². The van der Waals surface area contributed by atoms with Gasteiger partial charge in [0.05, 0.1) is 22.7 Å². The molecule has 0 amide bonds. The van der Waals surface area contributed by atoms with Crippen molar-refractivity contribution in [2.24, 2.45) is 5.73 Å². The molecule has 1 aromatic rings. The van der Waals surface area contributed by atoms with Crippen LogP contribution >= 0.6 is 24.0 Å². The molecule has 0 aromatic heterocycles. The van der Waals surface area contributed by atoms with Crippen LogP contribution < -0.4 is 5.73 Å². The number of hydrogen-bond donors (Lipinski definition) is 2. The van der Waals surface area contributed by atoms with Crippen LogP contribution in [-0.2, 0) is 6.18 Å². The van der Waals surface area contributed by atoms with Gasteiger partial charge in [-0.1, -0.05) is 11.6 Å². The first-order chi connectivity index (χ1) is 7.66. The second-order valence-electron chi connectivity index (χ2n) is 3.59. The summed E-state index contributed by atoms with van der Waals surface area (Å²) in [5, 5.41) is 8.71. The summed E-state index contributed by atoms with van der Waals surface area (Å²) in [5.41, 5.74) is 3.31. The molecule has 0 aliphatic carbocycles. The van der Waals surface area contributed by atoms with E-state index >= 15 is 0 Å². The second kappa shape index (κ2) is 6.06. The molecule has 104 valence electrons. The minimum absolute atomic E-state index is 0. The zero-order valence-corrected chi connectivity index (χ0v) is 10.7. The SMILES string of the molecule is C[C@@H](O)[C@@H](N)c1c(C(F)(F)F)ccc(Cl)c1F.Cl. The standard InChI is InChI=1S/C10H10ClF4NO.ClH/c1-4(17)9(16)7-5(10(13,14)15)2-3-6(11)8(7)12;/h2-4,9,17H,16H2,1H3;1H/t4-,9-;/m1./s1. The van der Waals surface area contributed by atoms with Crippen LogP contribution in [-0.4, -0.2) is 11.2 Å². The van der Waals surface area contributed by atoms with E-state index in [1.165, 1.54) is 6.92 Å². The highest BCUT2D eigenvalue weighted by molar-refractivity contribution is 6.30. The number of aliphatic hydroxyl groups excluding tert-OH is 1. The molecule has 1 aromatic carbocycles. The molecule has 0 spiro atoms. The fraction of sp³-hybridized carbons (Fsp3) is 0.400. The summed E-state index contributed by atoms with van der Waals surface area (Å²) in [5.74, 6) is -1.25. The van der Waals surface area contributed by atoms with E-state index in [4.69, 9.17) is 17.3 Å². The van der Waals surface area contributed by atoms with Gasteiger partial charge in [0.15, 0.2) is 0 Å². The normalized spacial score (nSPS) is 14.9. The zero-order chi connectivity index (χ0) is 13.4. The maximum atomic E-state index is 13.6. The third kappa shape index (κ3) is 3.47. The van der Waals surface area contributed by atoms with Gasteiger partial charge in [-0.15, -0.1) is 12.4 Å². The van der Waals surface area contributed by atoms with Crippen LogP contribution in [0.1, 0.15) is 24.1 Å². The summed E-state index contributed by atoms with van der Waals surface area (Å²) in [6.45, 7) is 1.17. The lowest BCUT2D eigenvalue weighted by molar-refractivity contribution is -0.138. The maximum Gasteiger partial charge on any atom is 0.416 e. The van der Waals surface area contributed by atoms with Crippen molar-refractivity contribution in [2.45, 2.75) is 25.2 Å². The number of halogens is 6. The number of hydrogen-bond acceptors (Lipinski definition) is 2. The van der Waals surface area contributed by atoms with E-state index in [2.05, 4.69) is 0 Å². The Morgan fingerprint density at radius 3 is 2.22 bits per heavy atom. The molecule has 0 heterocycles. The van der Waals surface area contributed by atoms with Crippen molar-refractivity contribution in [3.8, 4) is 0 Å². The topological polar surface area (TPSA) is 46.2 Å². The van der Waals surface area contributed by atoms with Gasteiger partial charge < -0.3 is 10.8 Å². The Morgan fingerprint density at radius 1 is 1.33 bits per heavy atom. The van der Waals surface area contributed by atoms with Crippen LogP contribution in [0.5, 0.6) is 0 Å². The number of rotatable bonds is 2. The first-order valence-electron chi connectivity index (χ1n) is 4.65. The maximum absolute atomic E-state index is 13.6. The van der Waals surface area contributed by atoms with E-state index in [0.29, 0.717) is 6.07 Å². The number of benzene rings is 1. The van der Waals surface area contributed by atoms with Crippen LogP contribution in [0.2, 0.25) is 5.02 Å². The lowest BCUT2D eigenvalue weighted by Gasteiger charge is -2.21. The summed E-state index contributed by atoms with van der Waals surface area (Å²) in [6, 6.07) is -0.0497. The van der Waals surface area contributed by atoms with E-state index in [-0.39, 0.29) is 12.4 Å². The van der Waals surface area contributed by atoms with E-state index in [1.807, 2.05) is 0 Å². The van der Waals surface area contributed by atoms with Crippen LogP contribution in [0.25, 0.3) is 0 Å². The Bertz CT molecular complexity index is 423. The molecule has 0 saturated heterocycles. The smallest absolute Gasteiger partial charge is 0.391 e. The fourth-order valence-electron chi connectivity index (χ4n) is 1.38. The Labute approximate surface area is 112 Å². The van der Waals surface area contributed by atoms with E-state index in [9.17, 15) is 22.7 Å². The monoisotopic (exact) mass is 307 g/mol. The van der Waals surface area contributed by atoms with E-state index in [0.717, 1.165) is 6.07 Å². The molecule has 1 rings (SSSR count). The summed E-state index contributed by atoms with van der Waals surface area (Å²) in [4.78, 5) is 0. The van der Waals surface area contributed by atoms with Gasteiger partial charge in [0.1, 0.15) is 5.82 Å². The second-order valence-corrected chi connectivity index (χ2v) is 3.99. The minimum atomic E-state index is -4.76. The minimum Gasteiger partial charge on any atom is -0.391 e. The number of nitrogens with two attached hydrogens (primary N) is 1. The third-order valence-corrected chi connectivity index (χ3v) is 2.58. The lowest BCUT2D eigenvalue weighted by atomic mass is 9.96. The van der Waals surface area contributed by atoms with Gasteiger partial charge in [-0.3, -0.25) is 0 Å². The molecule has 0 aliphatic rings. The quantitative estimate of drug-likeness (QED) is 0.824. The lowest BCUT2D eigenvalue weighted by Crippen LogP contribution is -2.27. The largest absolute Gasteiger partial charge is 0.416 e. The van der Waals surface area contributed by atoms with Crippen molar-refractivity contribution < 1.29 is 22.7 Å². The van der Waals surface area contributed by atoms with Gasteiger partial charge in [-0.25, -0.2) is 4.39 Å². The molecule has 2 atom stereocenters. The summed E-state index contributed by atoms with van der Waals surface area (Å²) in [6.07, 6.45) is -6.09. The van der Waals surface area contributed by atoms with Gasteiger partial charge in [0.2, 0.25) is 0 Å². The van der Waals surface area contributed by atoms with E-state index < -0.39 is 40.3 Å². The highest BCUT2D eigenvalue weighted by atomic mass is 35.5. The van der Waals surface area contributed by atoms with Crippen LogP contribution in [0.15, 0.2) is 12.1 Å². The molecule has 0 radical (unpaired) electrons. The molecule has 18 heavy (non-hydrogen) atoms. The Morgan fingerprint density at radius 2 is 1.83 bits per heavy atom. The Hall–Kier alpha value is -0.560. The highest BCUT2D eigenvalue weighted by Gasteiger charge is 2.37. The van der Waals surface area contributed by atoms with Crippen molar-refractivity contribution in [1.82, 2.24) is 0 Å².